The number of nitrogens with zero attached hydrogens (tertiary/aromatic N) is 3. The summed E-state index contributed by atoms with van der Waals surface area (Å²) in [5, 5.41) is 6.32. The van der Waals surface area contributed by atoms with Gasteiger partial charge in [-0.1, -0.05) is 56.3 Å². The molecule has 0 aliphatic heterocycles. The maximum absolute atomic E-state index is 13.1. The predicted molar refractivity (Wildman–Crippen MR) is 141 cm³/mol. The zero-order valence-corrected chi connectivity index (χ0v) is 22.3. The van der Waals surface area contributed by atoms with Gasteiger partial charge in [0.15, 0.2) is 22.9 Å². The third-order valence-corrected chi connectivity index (χ3v) is 6.93. The molecule has 2 aromatic heterocycles. The van der Waals surface area contributed by atoms with Gasteiger partial charge in [0.25, 0.3) is 0 Å². The van der Waals surface area contributed by atoms with Crippen LogP contribution >= 0.6 is 23.4 Å². The van der Waals surface area contributed by atoms with Crippen LogP contribution in [0.5, 0.6) is 11.5 Å². The first-order chi connectivity index (χ1) is 16.6. The van der Waals surface area contributed by atoms with Gasteiger partial charge in [-0.15, -0.1) is 0 Å². The first kappa shape index (κ1) is 25.1. The Morgan fingerprint density at radius 1 is 1.03 bits per heavy atom. The number of aromatic nitrogens is 3. The van der Waals surface area contributed by atoms with Crippen molar-refractivity contribution in [2.75, 3.05) is 20.0 Å². The van der Waals surface area contributed by atoms with Crippen LogP contribution < -0.4 is 9.47 Å². The monoisotopic (exact) mass is 509 g/mol. The smallest absolute Gasteiger partial charge is 0.173 e. The Bertz CT molecular complexity index is 1390. The molecule has 35 heavy (non-hydrogen) atoms. The maximum Gasteiger partial charge on any atom is 0.173 e. The highest BCUT2D eigenvalue weighted by Crippen LogP contribution is 2.34. The van der Waals surface area contributed by atoms with Crippen LogP contribution in [0.15, 0.2) is 53.6 Å². The summed E-state index contributed by atoms with van der Waals surface area (Å²) in [4.78, 5) is 18.0. The molecule has 0 radical (unpaired) electrons. The Kier molecular flexibility index (Phi) is 7.10. The lowest BCUT2D eigenvalue weighted by molar-refractivity contribution is 0.102. The molecular formula is C27H28ClN3O3S. The second-order valence-corrected chi connectivity index (χ2v) is 10.6. The van der Waals surface area contributed by atoms with Crippen LogP contribution in [0.1, 0.15) is 42.5 Å². The molecule has 2 aromatic carbocycles. The number of carbonyl (C=O) groups is 1. The van der Waals surface area contributed by atoms with Crippen molar-refractivity contribution < 1.29 is 14.3 Å². The number of carbonyl (C=O) groups excluding carboxylic acids is 1. The van der Waals surface area contributed by atoms with Gasteiger partial charge in [-0.2, -0.15) is 5.10 Å². The van der Waals surface area contributed by atoms with E-state index in [4.69, 9.17) is 31.2 Å². The van der Waals surface area contributed by atoms with Gasteiger partial charge in [-0.05, 0) is 48.9 Å². The number of aryl methyl sites for hydroxylation is 1. The number of hydrogen-bond donors (Lipinski definition) is 0. The number of thioether (sulfide) groups is 1. The molecule has 2 heterocycles. The van der Waals surface area contributed by atoms with Crippen molar-refractivity contribution in [1.29, 1.82) is 0 Å². The molecule has 0 atom stereocenters. The molecule has 0 aliphatic carbocycles. The third-order valence-electron chi connectivity index (χ3n) is 5.69. The van der Waals surface area contributed by atoms with E-state index in [2.05, 4.69) is 20.8 Å². The fourth-order valence-electron chi connectivity index (χ4n) is 3.77. The summed E-state index contributed by atoms with van der Waals surface area (Å²) in [5.41, 5.74) is 4.90. The molecule has 0 saturated heterocycles. The van der Waals surface area contributed by atoms with Gasteiger partial charge in [-0.25, -0.2) is 9.50 Å². The van der Waals surface area contributed by atoms with Crippen molar-refractivity contribution in [3.8, 4) is 22.6 Å². The minimum atomic E-state index is -0.181. The van der Waals surface area contributed by atoms with E-state index in [0.717, 1.165) is 33.2 Å². The summed E-state index contributed by atoms with van der Waals surface area (Å²) in [5.74, 6) is 1.34. The molecule has 0 bridgehead atoms. The van der Waals surface area contributed by atoms with Gasteiger partial charge in [0, 0.05) is 21.6 Å². The lowest BCUT2D eigenvalue weighted by atomic mass is 9.92. The van der Waals surface area contributed by atoms with Crippen LogP contribution in [0.25, 0.3) is 16.8 Å². The first-order valence-corrected chi connectivity index (χ1v) is 12.5. The topological polar surface area (TPSA) is 65.7 Å². The average molecular weight is 510 g/mol. The molecule has 4 aromatic rings. The van der Waals surface area contributed by atoms with Crippen LogP contribution in [-0.4, -0.2) is 40.4 Å². The van der Waals surface area contributed by atoms with E-state index in [-0.39, 0.29) is 17.0 Å². The second kappa shape index (κ2) is 9.91. The van der Waals surface area contributed by atoms with Gasteiger partial charge in [-0.3, -0.25) is 4.79 Å². The van der Waals surface area contributed by atoms with Crippen LogP contribution in [-0.2, 0) is 5.41 Å². The first-order valence-electron chi connectivity index (χ1n) is 11.2. The molecule has 182 valence electrons. The van der Waals surface area contributed by atoms with Gasteiger partial charge < -0.3 is 9.47 Å². The number of rotatable bonds is 7. The number of benzene rings is 2. The minimum Gasteiger partial charge on any atom is -0.493 e. The number of fused-ring (bicyclic) bond motifs is 1. The zero-order valence-electron chi connectivity index (χ0n) is 20.7. The van der Waals surface area contributed by atoms with Gasteiger partial charge in [0.2, 0.25) is 0 Å². The lowest BCUT2D eigenvalue weighted by Crippen LogP contribution is -2.15. The maximum atomic E-state index is 13.1. The summed E-state index contributed by atoms with van der Waals surface area (Å²) in [6.07, 6.45) is 0. The molecule has 8 heteroatoms. The largest absolute Gasteiger partial charge is 0.493 e. The van der Waals surface area contributed by atoms with Crippen molar-refractivity contribution in [2.45, 2.75) is 38.1 Å². The van der Waals surface area contributed by atoms with E-state index in [1.54, 1.807) is 32.4 Å². The highest BCUT2D eigenvalue weighted by molar-refractivity contribution is 7.99. The Labute approximate surface area is 214 Å². The van der Waals surface area contributed by atoms with Crippen molar-refractivity contribution in [2.24, 2.45) is 0 Å². The Balaban J connectivity index is 1.74. The predicted octanol–water partition coefficient (Wildman–Crippen LogP) is 6.65. The molecule has 6 nitrogen and oxygen atoms in total. The summed E-state index contributed by atoms with van der Waals surface area (Å²) >= 11 is 7.56. The molecule has 0 amide bonds. The van der Waals surface area contributed by atoms with Crippen LogP contribution in [0, 0.1) is 6.92 Å². The molecular weight excluding hydrogens is 482 g/mol. The van der Waals surface area contributed by atoms with Crippen molar-refractivity contribution in [3.05, 3.63) is 70.5 Å². The fraction of sp³-hybridized carbons (Fsp3) is 0.296. The second-order valence-electron chi connectivity index (χ2n) is 9.21. The number of halogens is 1. The van der Waals surface area contributed by atoms with E-state index in [0.29, 0.717) is 22.1 Å². The Hall–Kier alpha value is -3.03. The third kappa shape index (κ3) is 5.16. The van der Waals surface area contributed by atoms with Gasteiger partial charge >= 0.3 is 0 Å². The highest BCUT2D eigenvalue weighted by atomic mass is 35.5. The van der Waals surface area contributed by atoms with Gasteiger partial charge in [0.05, 0.1) is 31.4 Å². The van der Waals surface area contributed by atoms with Crippen LogP contribution in [0.4, 0.5) is 0 Å². The number of Topliss-reactive ketones (excluding diaryl/α,β-unsaturated/α-hetero) is 1. The molecule has 4 rings (SSSR count). The van der Waals surface area contributed by atoms with Crippen LogP contribution in [0.3, 0.4) is 0 Å². The quantitative estimate of drug-likeness (QED) is 0.158. The molecule has 0 unspecified atom stereocenters. The van der Waals surface area contributed by atoms with E-state index in [1.807, 2.05) is 41.8 Å². The molecule has 0 N–H and O–H groups in total. The van der Waals surface area contributed by atoms with Gasteiger partial charge in [0.1, 0.15) is 5.03 Å². The Morgan fingerprint density at radius 2 is 1.71 bits per heavy atom. The number of ketones is 1. The van der Waals surface area contributed by atoms with E-state index < -0.39 is 0 Å². The minimum absolute atomic E-state index is 0.0139. The zero-order chi connectivity index (χ0) is 25.3. The fourth-order valence-corrected chi connectivity index (χ4v) is 4.79. The van der Waals surface area contributed by atoms with Crippen LogP contribution in [0.2, 0.25) is 5.02 Å². The Morgan fingerprint density at radius 3 is 2.34 bits per heavy atom. The summed E-state index contributed by atoms with van der Waals surface area (Å²) < 4.78 is 12.5. The number of methoxy groups -OCH3 is 2. The van der Waals surface area contributed by atoms with Crippen molar-refractivity contribution in [3.63, 3.8) is 0 Å². The average Bonchev–Trinajstić information content (AvgIpc) is 3.17. The highest BCUT2D eigenvalue weighted by Gasteiger charge is 2.23. The number of ether oxygens (including phenoxy) is 2. The lowest BCUT2D eigenvalue weighted by Gasteiger charge is -2.19. The SMILES string of the molecule is COc1ccc(C(=O)CSc2cc(C(C)(C)C)nc3c(-c4ccc(Cl)cc4)c(C)nn23)cc1OC. The molecule has 0 aliphatic rings. The van der Waals surface area contributed by atoms with Crippen molar-refractivity contribution >= 4 is 34.8 Å². The molecule has 0 saturated carbocycles. The summed E-state index contributed by atoms with van der Waals surface area (Å²) in [6, 6.07) is 14.9. The molecule has 0 fully saturated rings. The number of hydrogen-bond acceptors (Lipinski definition) is 6. The molecule has 0 spiro atoms. The summed E-state index contributed by atoms with van der Waals surface area (Å²) in [6.45, 7) is 8.35. The van der Waals surface area contributed by atoms with E-state index >= 15 is 0 Å². The normalized spacial score (nSPS) is 11.6. The van der Waals surface area contributed by atoms with E-state index in [9.17, 15) is 4.79 Å². The standard InChI is InChI=1S/C27H28ClN3O3S/c1-16-25(17-7-10-19(28)11-8-17)26-29-23(27(2,3)4)14-24(31(26)30-16)35-15-20(32)18-9-12-21(33-5)22(13-18)34-6/h7-14H,15H2,1-6H3. The van der Waals surface area contributed by atoms with Crippen molar-refractivity contribution in [1.82, 2.24) is 14.6 Å². The summed E-state index contributed by atoms with van der Waals surface area (Å²) in [7, 11) is 3.13. The van der Waals surface area contributed by atoms with E-state index in [1.165, 1.54) is 11.8 Å².